The van der Waals surface area contributed by atoms with Gasteiger partial charge >= 0.3 is 5.97 Å². The highest BCUT2D eigenvalue weighted by atomic mass is 16.5. The Morgan fingerprint density at radius 3 is 2.43 bits per heavy atom. The Kier molecular flexibility index (Phi) is 6.17. The molecule has 0 aromatic heterocycles. The summed E-state index contributed by atoms with van der Waals surface area (Å²) < 4.78 is 5.06. The fraction of sp³-hybridized carbons (Fsp3) is 0.577. The molecule has 2 heteroatoms. The van der Waals surface area contributed by atoms with Gasteiger partial charge in [-0.25, -0.2) is 4.79 Å². The minimum absolute atomic E-state index is 0.0624. The van der Waals surface area contributed by atoms with E-state index in [0.717, 1.165) is 18.4 Å². The molecule has 6 atom stereocenters. The lowest BCUT2D eigenvalue weighted by atomic mass is 9.52. The second kappa shape index (κ2) is 8.27. The van der Waals surface area contributed by atoms with Crippen molar-refractivity contribution in [3.05, 3.63) is 59.2 Å². The Bertz CT molecular complexity index is 760. The van der Waals surface area contributed by atoms with Crippen LogP contribution in [0, 0.1) is 29.1 Å². The van der Waals surface area contributed by atoms with Gasteiger partial charge in [0.15, 0.2) is 0 Å². The van der Waals surface area contributed by atoms with E-state index in [4.69, 9.17) is 4.74 Å². The van der Waals surface area contributed by atoms with Gasteiger partial charge in [-0.2, -0.15) is 0 Å². The monoisotopic (exact) mass is 380 g/mol. The Morgan fingerprint density at radius 2 is 1.86 bits per heavy atom. The van der Waals surface area contributed by atoms with Gasteiger partial charge in [-0.3, -0.25) is 0 Å². The van der Waals surface area contributed by atoms with Crippen LogP contribution in [0.5, 0.6) is 0 Å². The third-order valence-electron chi connectivity index (χ3n) is 7.54. The molecule has 0 bridgehead atoms. The van der Waals surface area contributed by atoms with Crippen molar-refractivity contribution in [2.45, 2.75) is 59.8 Å². The molecule has 0 heterocycles. The van der Waals surface area contributed by atoms with Gasteiger partial charge in [0.25, 0.3) is 0 Å². The molecule has 3 rings (SSSR count). The predicted octanol–water partition coefficient (Wildman–Crippen LogP) is 6.54. The van der Waals surface area contributed by atoms with Crippen LogP contribution in [-0.2, 0) is 9.53 Å². The minimum Gasteiger partial charge on any atom is -0.466 e. The maximum Gasteiger partial charge on any atom is 0.333 e. The molecule has 0 spiro atoms. The second-order valence-electron chi connectivity index (χ2n) is 9.01. The van der Waals surface area contributed by atoms with Crippen LogP contribution in [0.3, 0.4) is 0 Å². The number of ether oxygens (including phenoxy) is 1. The predicted molar refractivity (Wildman–Crippen MR) is 116 cm³/mol. The van der Waals surface area contributed by atoms with Gasteiger partial charge in [-0.1, -0.05) is 75.8 Å². The number of rotatable bonds is 5. The normalized spacial score (nSPS) is 35.3. The van der Waals surface area contributed by atoms with E-state index in [1.54, 1.807) is 5.57 Å². The fourth-order valence-electron chi connectivity index (χ4n) is 6.52. The summed E-state index contributed by atoms with van der Waals surface area (Å²) >= 11 is 0. The Balaban J connectivity index is 2.26. The van der Waals surface area contributed by atoms with Crippen molar-refractivity contribution in [3.8, 4) is 0 Å². The lowest BCUT2D eigenvalue weighted by Crippen LogP contribution is -2.43. The van der Waals surface area contributed by atoms with Crippen molar-refractivity contribution < 1.29 is 9.53 Å². The number of hydrogen-bond acceptors (Lipinski definition) is 2. The molecule has 28 heavy (non-hydrogen) atoms. The molecule has 1 saturated carbocycles. The Morgan fingerprint density at radius 1 is 1.18 bits per heavy atom. The van der Waals surface area contributed by atoms with Crippen LogP contribution in [0.1, 0.15) is 65.4 Å². The largest absolute Gasteiger partial charge is 0.466 e. The Hall–Kier alpha value is -1.83. The highest BCUT2D eigenvalue weighted by Gasteiger charge is 2.55. The number of carbonyl (C=O) groups is 1. The molecule has 152 valence electrons. The summed E-state index contributed by atoms with van der Waals surface area (Å²) in [6, 6.07) is 10.9. The molecule has 2 nitrogen and oxygen atoms in total. The van der Waals surface area contributed by atoms with Gasteiger partial charge in [-0.05, 0) is 55.4 Å². The second-order valence-corrected chi connectivity index (χ2v) is 9.01. The van der Waals surface area contributed by atoms with Crippen molar-refractivity contribution in [1.29, 1.82) is 0 Å². The summed E-state index contributed by atoms with van der Waals surface area (Å²) in [4.78, 5) is 12.3. The molecule has 0 unspecified atom stereocenters. The topological polar surface area (TPSA) is 26.3 Å². The summed E-state index contributed by atoms with van der Waals surface area (Å²) in [5.74, 6) is 2.59. The lowest BCUT2D eigenvalue weighted by molar-refractivity contribution is -0.136. The van der Waals surface area contributed by atoms with E-state index in [-0.39, 0.29) is 11.4 Å². The number of carbonyl (C=O) groups excluding carboxylic acids is 1. The molecule has 0 N–H and O–H groups in total. The molecule has 1 aromatic rings. The SMILES string of the molecule is CCC1=C[C@@H](c2ccccc2)[C@@](/C=C(\C)C(=O)OC)(CC)[C@H]2[C@H]1[C@H](C)C[C@H]2C. The number of allylic oxidation sites excluding steroid dienone is 3. The van der Waals surface area contributed by atoms with Gasteiger partial charge in [0, 0.05) is 16.9 Å². The Labute approximate surface area is 171 Å². The summed E-state index contributed by atoms with van der Waals surface area (Å²) in [5, 5.41) is 0. The standard InChI is InChI=1S/C26H36O2/c1-7-20-15-22(21-12-10-9-11-13-21)26(8-2,16-19(5)25(27)28-6)24-18(4)14-17(3)23(20)24/h9-13,15-18,22-24H,7-8,14H2,1-6H3/b19-16+/t17-,18-,22+,23+,24-,26+/m1/s1. The molecule has 1 aromatic carbocycles. The van der Waals surface area contributed by atoms with E-state index in [1.165, 1.54) is 19.1 Å². The van der Waals surface area contributed by atoms with Crippen molar-refractivity contribution in [2.75, 3.05) is 7.11 Å². The van der Waals surface area contributed by atoms with E-state index in [1.807, 2.05) is 6.92 Å². The molecule has 2 aliphatic rings. The third kappa shape index (κ3) is 3.36. The third-order valence-corrected chi connectivity index (χ3v) is 7.54. The maximum atomic E-state index is 12.3. The molecule has 0 aliphatic heterocycles. The highest BCUT2D eigenvalue weighted by Crippen LogP contribution is 2.63. The quantitative estimate of drug-likeness (QED) is 0.329. The average Bonchev–Trinajstić information content (AvgIpc) is 3.02. The summed E-state index contributed by atoms with van der Waals surface area (Å²) in [5.41, 5.74) is 3.65. The minimum atomic E-state index is -0.208. The summed E-state index contributed by atoms with van der Waals surface area (Å²) in [7, 11) is 1.48. The van der Waals surface area contributed by atoms with E-state index in [9.17, 15) is 4.79 Å². The van der Waals surface area contributed by atoms with Crippen LogP contribution >= 0.6 is 0 Å². The molecular weight excluding hydrogens is 344 g/mol. The van der Waals surface area contributed by atoms with Gasteiger partial charge in [0.05, 0.1) is 7.11 Å². The molecule has 0 saturated heterocycles. The summed E-state index contributed by atoms with van der Waals surface area (Å²) in [6.07, 6.45) is 8.23. The first-order valence-electron chi connectivity index (χ1n) is 10.9. The average molecular weight is 381 g/mol. The van der Waals surface area contributed by atoms with Crippen molar-refractivity contribution in [2.24, 2.45) is 29.1 Å². The zero-order chi connectivity index (χ0) is 20.5. The van der Waals surface area contributed by atoms with E-state index in [0.29, 0.717) is 29.6 Å². The summed E-state index contributed by atoms with van der Waals surface area (Å²) in [6.45, 7) is 11.4. The molecular formula is C26H36O2. The number of benzene rings is 1. The van der Waals surface area contributed by atoms with Crippen LogP contribution < -0.4 is 0 Å². The first-order valence-corrected chi connectivity index (χ1v) is 10.9. The number of hydrogen-bond donors (Lipinski definition) is 0. The molecule has 0 amide bonds. The zero-order valence-electron chi connectivity index (χ0n) is 18.4. The fourth-order valence-corrected chi connectivity index (χ4v) is 6.52. The molecule has 0 radical (unpaired) electrons. The van der Waals surface area contributed by atoms with E-state index in [2.05, 4.69) is 70.2 Å². The van der Waals surface area contributed by atoms with E-state index >= 15 is 0 Å². The molecule has 1 fully saturated rings. The van der Waals surface area contributed by atoms with E-state index < -0.39 is 0 Å². The van der Waals surface area contributed by atoms with Gasteiger partial charge in [0.1, 0.15) is 0 Å². The van der Waals surface area contributed by atoms with Crippen LogP contribution in [0.2, 0.25) is 0 Å². The number of esters is 1. The maximum absolute atomic E-state index is 12.3. The van der Waals surface area contributed by atoms with Crippen LogP contribution in [-0.4, -0.2) is 13.1 Å². The molecule has 2 aliphatic carbocycles. The highest BCUT2D eigenvalue weighted by molar-refractivity contribution is 5.87. The first kappa shape index (κ1) is 20.9. The van der Waals surface area contributed by atoms with Crippen molar-refractivity contribution in [1.82, 2.24) is 0 Å². The van der Waals surface area contributed by atoms with Crippen LogP contribution in [0.4, 0.5) is 0 Å². The van der Waals surface area contributed by atoms with Crippen molar-refractivity contribution >= 4 is 5.97 Å². The van der Waals surface area contributed by atoms with Crippen molar-refractivity contribution in [3.63, 3.8) is 0 Å². The first-order chi connectivity index (χ1) is 13.4. The van der Waals surface area contributed by atoms with Gasteiger partial charge in [-0.15, -0.1) is 0 Å². The smallest absolute Gasteiger partial charge is 0.333 e. The van der Waals surface area contributed by atoms with Gasteiger partial charge in [0.2, 0.25) is 0 Å². The van der Waals surface area contributed by atoms with Crippen LogP contribution in [0.25, 0.3) is 0 Å². The zero-order valence-corrected chi connectivity index (χ0v) is 18.4. The van der Waals surface area contributed by atoms with Gasteiger partial charge < -0.3 is 4.74 Å². The lowest BCUT2D eigenvalue weighted by Gasteiger charge is -2.51. The number of methoxy groups -OCH3 is 1. The number of fused-ring (bicyclic) bond motifs is 1. The van der Waals surface area contributed by atoms with Crippen LogP contribution in [0.15, 0.2) is 53.6 Å².